The van der Waals surface area contributed by atoms with Crippen LogP contribution in [0.25, 0.3) is 0 Å². The maximum atomic E-state index is 13.2. The lowest BCUT2D eigenvalue weighted by Crippen LogP contribution is -2.49. The third kappa shape index (κ3) is 6.58. The van der Waals surface area contributed by atoms with E-state index in [1.807, 2.05) is 32.0 Å². The summed E-state index contributed by atoms with van der Waals surface area (Å²) in [7, 11) is 0. The van der Waals surface area contributed by atoms with Gasteiger partial charge in [-0.25, -0.2) is 4.39 Å². The van der Waals surface area contributed by atoms with Crippen molar-refractivity contribution in [2.75, 3.05) is 50.7 Å². The van der Waals surface area contributed by atoms with Crippen molar-refractivity contribution in [1.82, 2.24) is 9.80 Å². The number of likely N-dealkylation sites (tertiary alicyclic amines) is 1. The zero-order valence-electron chi connectivity index (χ0n) is 22.7. The number of Topliss-reactive ketones (excluding diaryl/α,β-unsaturated/α-hetero) is 1. The van der Waals surface area contributed by atoms with Crippen LogP contribution in [-0.4, -0.2) is 85.2 Å². The van der Waals surface area contributed by atoms with Crippen molar-refractivity contribution in [1.29, 1.82) is 0 Å². The summed E-state index contributed by atoms with van der Waals surface area (Å²) >= 11 is 0. The molecule has 39 heavy (non-hydrogen) atoms. The number of oxime groups is 1. The molecule has 3 heterocycles. The number of carbonyl (C=O) groups is 2. The van der Waals surface area contributed by atoms with Crippen LogP contribution in [0, 0.1) is 11.7 Å². The number of hydrogen-bond acceptors (Lipinski definition) is 7. The van der Waals surface area contributed by atoms with Crippen LogP contribution in [0.3, 0.4) is 0 Å². The van der Waals surface area contributed by atoms with Gasteiger partial charge in [-0.1, -0.05) is 17.3 Å². The van der Waals surface area contributed by atoms with Gasteiger partial charge in [-0.05, 0) is 63.1 Å². The molecule has 208 valence electrons. The van der Waals surface area contributed by atoms with E-state index in [1.54, 1.807) is 4.90 Å². The van der Waals surface area contributed by atoms with Crippen molar-refractivity contribution in [3.63, 3.8) is 0 Å². The summed E-state index contributed by atoms with van der Waals surface area (Å²) in [6.07, 6.45) is 1.67. The molecule has 1 atom stereocenters. The molecule has 2 aromatic rings. The molecule has 0 spiro atoms. The number of benzene rings is 2. The van der Waals surface area contributed by atoms with Gasteiger partial charge in [-0.15, -0.1) is 0 Å². The lowest BCUT2D eigenvalue weighted by molar-refractivity contribution is -0.125. The predicted octanol–water partition coefficient (Wildman–Crippen LogP) is 4.00. The van der Waals surface area contributed by atoms with Crippen molar-refractivity contribution < 1.29 is 23.6 Å². The Morgan fingerprint density at radius 1 is 1.00 bits per heavy atom. The maximum Gasteiger partial charge on any atom is 0.271 e. The molecule has 0 saturated carbocycles. The summed E-state index contributed by atoms with van der Waals surface area (Å²) in [4.78, 5) is 38.0. The van der Waals surface area contributed by atoms with Gasteiger partial charge in [0.05, 0.1) is 11.8 Å². The minimum atomic E-state index is -0.356. The van der Waals surface area contributed by atoms with Gasteiger partial charge in [0.15, 0.2) is 5.78 Å². The lowest BCUT2D eigenvalue weighted by Gasteiger charge is -2.37. The van der Waals surface area contributed by atoms with Crippen LogP contribution in [0.1, 0.15) is 43.5 Å². The average Bonchev–Trinajstić information content (AvgIpc) is 3.42. The van der Waals surface area contributed by atoms with Gasteiger partial charge in [0.2, 0.25) is 0 Å². The molecular weight excluding hydrogens is 499 g/mol. The molecule has 3 aliphatic rings. The molecule has 2 fully saturated rings. The summed E-state index contributed by atoms with van der Waals surface area (Å²) in [6.45, 7) is 9.39. The first kappa shape index (κ1) is 27.1. The number of hydrogen-bond donors (Lipinski definition) is 0. The number of ether oxygens (including phenoxy) is 1. The average molecular weight is 537 g/mol. The Morgan fingerprint density at radius 3 is 2.38 bits per heavy atom. The zero-order valence-corrected chi connectivity index (χ0v) is 22.7. The molecule has 2 saturated heterocycles. The first-order valence-electron chi connectivity index (χ1n) is 13.9. The van der Waals surface area contributed by atoms with Crippen LogP contribution < -0.4 is 9.64 Å². The Bertz CT molecular complexity index is 1190. The number of halogens is 1. The molecule has 2 aromatic carbocycles. The van der Waals surface area contributed by atoms with Gasteiger partial charge in [0.1, 0.15) is 23.4 Å². The molecule has 8 nitrogen and oxygen atoms in total. The topological polar surface area (TPSA) is 74.7 Å². The number of piperidine rings is 1. The van der Waals surface area contributed by atoms with E-state index in [0.29, 0.717) is 43.6 Å². The van der Waals surface area contributed by atoms with E-state index in [-0.39, 0.29) is 35.6 Å². The predicted molar refractivity (Wildman–Crippen MR) is 148 cm³/mol. The Kier molecular flexibility index (Phi) is 8.45. The van der Waals surface area contributed by atoms with E-state index in [9.17, 15) is 14.0 Å². The number of piperazine rings is 1. The van der Waals surface area contributed by atoms with E-state index in [1.165, 1.54) is 24.3 Å². The summed E-state index contributed by atoms with van der Waals surface area (Å²) in [5.41, 5.74) is 2.11. The number of carbonyl (C=O) groups excluding carboxylic acids is 2. The number of rotatable bonds is 8. The van der Waals surface area contributed by atoms with E-state index in [2.05, 4.69) is 21.0 Å². The first-order chi connectivity index (χ1) is 18.9. The van der Waals surface area contributed by atoms with Crippen molar-refractivity contribution in [2.45, 2.75) is 45.3 Å². The van der Waals surface area contributed by atoms with Crippen molar-refractivity contribution >= 4 is 23.1 Å². The van der Waals surface area contributed by atoms with E-state index < -0.39 is 0 Å². The fourth-order valence-electron chi connectivity index (χ4n) is 5.56. The van der Waals surface area contributed by atoms with E-state index in [0.717, 1.165) is 44.2 Å². The molecule has 0 radical (unpaired) electrons. The van der Waals surface area contributed by atoms with Gasteiger partial charge >= 0.3 is 0 Å². The molecule has 5 rings (SSSR count). The standard InChI is InChI=1S/C30H37FN4O4/c1-21(2)38-28-6-4-3-5-27(28)34-17-15-33(16-18-34)20-25-19-26(32-39-25)30(37)35-13-11-23(12-14-35)29(36)22-7-9-24(31)10-8-22/h3-10,21,23,25H,11-20H2,1-2H3. The number of nitrogens with zero attached hydrogens (tertiary/aromatic N) is 4. The third-order valence-electron chi connectivity index (χ3n) is 7.66. The summed E-state index contributed by atoms with van der Waals surface area (Å²) in [5, 5.41) is 4.14. The van der Waals surface area contributed by atoms with Crippen LogP contribution in [-0.2, 0) is 9.63 Å². The van der Waals surface area contributed by atoms with Crippen LogP contribution >= 0.6 is 0 Å². The molecular formula is C30H37FN4O4. The highest BCUT2D eigenvalue weighted by Gasteiger charge is 2.34. The minimum absolute atomic E-state index is 0.0136. The lowest BCUT2D eigenvalue weighted by atomic mass is 9.88. The molecule has 1 amide bonds. The van der Waals surface area contributed by atoms with Gasteiger partial charge in [-0.2, -0.15) is 0 Å². The number of ketones is 1. The SMILES string of the molecule is CC(C)Oc1ccccc1N1CCN(CC2CC(C(=O)N3CCC(C(=O)c4ccc(F)cc4)CC3)=NO2)CC1. The molecule has 9 heteroatoms. The molecule has 3 aliphatic heterocycles. The number of amides is 1. The Morgan fingerprint density at radius 2 is 1.69 bits per heavy atom. The summed E-state index contributed by atoms with van der Waals surface area (Å²) in [5.74, 6) is 0.318. The van der Waals surface area contributed by atoms with Gasteiger partial charge < -0.3 is 19.4 Å². The third-order valence-corrected chi connectivity index (χ3v) is 7.66. The molecule has 0 N–H and O–H groups in total. The van der Waals surface area contributed by atoms with Crippen LogP contribution in [0.5, 0.6) is 5.75 Å². The summed E-state index contributed by atoms with van der Waals surface area (Å²) in [6, 6.07) is 13.9. The normalized spacial score (nSPS) is 20.6. The quantitative estimate of drug-likeness (QED) is 0.475. The van der Waals surface area contributed by atoms with E-state index >= 15 is 0 Å². The van der Waals surface area contributed by atoms with Crippen LogP contribution in [0.15, 0.2) is 53.7 Å². The van der Waals surface area contributed by atoms with Gasteiger partial charge in [0, 0.05) is 63.7 Å². The Labute approximate surface area is 229 Å². The maximum absolute atomic E-state index is 13.2. The molecule has 0 bridgehead atoms. The second-order valence-electron chi connectivity index (χ2n) is 10.8. The molecule has 1 unspecified atom stereocenters. The highest BCUT2D eigenvalue weighted by atomic mass is 19.1. The monoisotopic (exact) mass is 536 g/mol. The van der Waals surface area contributed by atoms with Gasteiger partial charge in [-0.3, -0.25) is 14.5 Å². The number of anilines is 1. The Hall–Kier alpha value is -3.46. The smallest absolute Gasteiger partial charge is 0.271 e. The minimum Gasteiger partial charge on any atom is -0.489 e. The van der Waals surface area contributed by atoms with Crippen LogP contribution in [0.2, 0.25) is 0 Å². The molecule has 0 aliphatic carbocycles. The van der Waals surface area contributed by atoms with Crippen molar-refractivity contribution in [3.05, 3.63) is 59.9 Å². The second-order valence-corrected chi connectivity index (χ2v) is 10.8. The fraction of sp³-hybridized carbons (Fsp3) is 0.500. The molecule has 0 aromatic heterocycles. The summed E-state index contributed by atoms with van der Waals surface area (Å²) < 4.78 is 19.2. The number of para-hydroxylation sites is 2. The van der Waals surface area contributed by atoms with E-state index in [4.69, 9.17) is 9.57 Å². The largest absolute Gasteiger partial charge is 0.489 e. The Balaban J connectivity index is 1.06. The van der Waals surface area contributed by atoms with Crippen molar-refractivity contribution in [2.24, 2.45) is 11.1 Å². The second kappa shape index (κ2) is 12.2. The van der Waals surface area contributed by atoms with Gasteiger partial charge in [0.25, 0.3) is 5.91 Å². The highest BCUT2D eigenvalue weighted by molar-refractivity contribution is 6.39. The fourth-order valence-corrected chi connectivity index (χ4v) is 5.56. The highest BCUT2D eigenvalue weighted by Crippen LogP contribution is 2.30. The van der Waals surface area contributed by atoms with Crippen LogP contribution in [0.4, 0.5) is 10.1 Å². The van der Waals surface area contributed by atoms with Crippen molar-refractivity contribution in [3.8, 4) is 5.75 Å². The zero-order chi connectivity index (χ0) is 27.4. The first-order valence-corrected chi connectivity index (χ1v) is 13.9.